The number of carbonyl (C=O) groups excluding carboxylic acids is 1. The van der Waals surface area contributed by atoms with Crippen LogP contribution in [0.2, 0.25) is 0 Å². The van der Waals surface area contributed by atoms with Gasteiger partial charge in [0, 0.05) is 12.3 Å². The number of fused-ring (bicyclic) bond motifs is 3. The van der Waals surface area contributed by atoms with Gasteiger partial charge in [-0.25, -0.2) is 0 Å². The van der Waals surface area contributed by atoms with Crippen LogP contribution in [0, 0.1) is 35.0 Å². The van der Waals surface area contributed by atoms with E-state index in [4.69, 9.17) is 4.18 Å². The van der Waals surface area contributed by atoms with Crippen LogP contribution in [-0.2, 0) is 19.1 Å². The van der Waals surface area contributed by atoms with Gasteiger partial charge < -0.3 is 5.11 Å². The second kappa shape index (κ2) is 6.06. The zero-order valence-corrected chi connectivity index (χ0v) is 15.9. The molecule has 0 aromatic heterocycles. The Morgan fingerprint density at radius 1 is 1.25 bits per heavy atom. The highest BCUT2D eigenvalue weighted by molar-refractivity contribution is 7.86. The van der Waals surface area contributed by atoms with E-state index in [0.717, 1.165) is 25.5 Å². The fraction of sp³-hybridized carbons (Fsp3) is 0.944. The smallest absolute Gasteiger partial charge is 0.264 e. The maximum atomic E-state index is 12.6. The number of rotatable bonds is 3. The zero-order chi connectivity index (χ0) is 17.9. The Kier molecular flexibility index (Phi) is 4.63. The summed E-state index contributed by atoms with van der Waals surface area (Å²) in [5, 5.41) is 10.2. The van der Waals surface area contributed by atoms with Crippen LogP contribution in [0.5, 0.6) is 0 Å². The third-order valence-electron chi connectivity index (χ3n) is 7.00. The molecule has 0 saturated heterocycles. The summed E-state index contributed by atoms with van der Waals surface area (Å²) in [6, 6.07) is 0. The quantitative estimate of drug-likeness (QED) is 0.784. The van der Waals surface area contributed by atoms with Gasteiger partial charge in [0.05, 0.1) is 18.5 Å². The number of hydrogen-bond donors (Lipinski definition) is 1. The predicted octanol–water partition coefficient (Wildman–Crippen LogP) is 2.38. The Balaban J connectivity index is 1.98. The van der Waals surface area contributed by atoms with Gasteiger partial charge >= 0.3 is 0 Å². The van der Waals surface area contributed by atoms with E-state index >= 15 is 0 Å². The molecule has 5 nitrogen and oxygen atoms in total. The molecule has 0 unspecified atom stereocenters. The summed E-state index contributed by atoms with van der Waals surface area (Å²) in [5.74, 6) is 0.793. The molecule has 0 aliphatic heterocycles. The van der Waals surface area contributed by atoms with Crippen LogP contribution < -0.4 is 0 Å². The molecule has 3 rings (SSSR count). The fourth-order valence-electron chi connectivity index (χ4n) is 6.10. The van der Waals surface area contributed by atoms with E-state index in [0.29, 0.717) is 24.7 Å². The molecule has 6 heteroatoms. The summed E-state index contributed by atoms with van der Waals surface area (Å²) in [6.07, 6.45) is 4.20. The van der Waals surface area contributed by atoms with Crippen LogP contribution >= 0.6 is 0 Å². The Morgan fingerprint density at radius 3 is 2.50 bits per heavy atom. The number of aliphatic hydroxyl groups excluding tert-OH is 1. The summed E-state index contributed by atoms with van der Waals surface area (Å²) >= 11 is 0. The fourth-order valence-corrected chi connectivity index (χ4v) is 6.77. The van der Waals surface area contributed by atoms with Crippen LogP contribution in [0.1, 0.15) is 52.9 Å². The molecule has 8 atom stereocenters. The molecule has 3 fully saturated rings. The Hall–Kier alpha value is -0.460. The van der Waals surface area contributed by atoms with Crippen molar-refractivity contribution in [2.45, 2.75) is 65.1 Å². The van der Waals surface area contributed by atoms with E-state index in [1.807, 2.05) is 0 Å². The summed E-state index contributed by atoms with van der Waals surface area (Å²) in [4.78, 5) is 12.6. The van der Waals surface area contributed by atoms with Crippen molar-refractivity contribution >= 4 is 15.9 Å². The molecule has 0 heterocycles. The standard InChI is InChI=1S/C18H30O5S/c1-10-5-6-13-12(7-10)16(23-24(4,21)22)8-14-17(11(2)19)15(20)9-18(13,14)3/h10-14,16-17,19H,5-9H2,1-4H3/t10-,11-,12-,13-,14+,16-,17+,18+/m1/s1. The molecule has 0 bridgehead atoms. The van der Waals surface area contributed by atoms with Gasteiger partial charge in [-0.15, -0.1) is 0 Å². The molecular weight excluding hydrogens is 328 g/mol. The van der Waals surface area contributed by atoms with Crippen LogP contribution in [-0.4, -0.2) is 37.8 Å². The van der Waals surface area contributed by atoms with Crippen molar-refractivity contribution in [3.8, 4) is 0 Å². The van der Waals surface area contributed by atoms with E-state index < -0.39 is 16.2 Å². The first-order chi connectivity index (χ1) is 11.0. The third-order valence-corrected chi connectivity index (χ3v) is 7.60. The molecule has 3 aliphatic rings. The average molecular weight is 359 g/mol. The van der Waals surface area contributed by atoms with Gasteiger partial charge in [-0.3, -0.25) is 8.98 Å². The van der Waals surface area contributed by atoms with Gasteiger partial charge in [-0.2, -0.15) is 8.42 Å². The van der Waals surface area contributed by atoms with Crippen LogP contribution in [0.15, 0.2) is 0 Å². The number of ketones is 1. The summed E-state index contributed by atoms with van der Waals surface area (Å²) in [5.41, 5.74) is -0.138. The average Bonchev–Trinajstić information content (AvgIpc) is 2.68. The first-order valence-corrected chi connectivity index (χ1v) is 10.9. The normalized spacial score (nSPS) is 47.1. The molecule has 138 valence electrons. The Labute approximate surface area is 145 Å². The van der Waals surface area contributed by atoms with E-state index in [-0.39, 0.29) is 35.1 Å². The van der Waals surface area contributed by atoms with Crippen molar-refractivity contribution in [1.82, 2.24) is 0 Å². The van der Waals surface area contributed by atoms with Crippen LogP contribution in [0.25, 0.3) is 0 Å². The molecule has 1 N–H and O–H groups in total. The minimum absolute atomic E-state index is 0.00593. The van der Waals surface area contributed by atoms with Crippen molar-refractivity contribution in [2.24, 2.45) is 35.0 Å². The minimum atomic E-state index is -3.54. The van der Waals surface area contributed by atoms with Crippen molar-refractivity contribution in [1.29, 1.82) is 0 Å². The highest BCUT2D eigenvalue weighted by atomic mass is 32.2. The van der Waals surface area contributed by atoms with E-state index in [9.17, 15) is 18.3 Å². The first kappa shape index (κ1) is 18.3. The predicted molar refractivity (Wildman–Crippen MR) is 90.7 cm³/mol. The topological polar surface area (TPSA) is 80.7 Å². The molecule has 0 aromatic rings. The van der Waals surface area contributed by atoms with E-state index in [1.54, 1.807) is 6.92 Å². The second-order valence-corrected chi connectivity index (χ2v) is 10.4. The third kappa shape index (κ3) is 3.06. The SMILES string of the molecule is C[C@@H]1CC[C@@H]2[C@@H](C1)[C@H](OS(C)(=O)=O)C[C@H]1[C@H]([C@@H](C)O)C(=O)C[C@@]21C. The van der Waals surface area contributed by atoms with Crippen molar-refractivity contribution in [3.05, 3.63) is 0 Å². The lowest BCUT2D eigenvalue weighted by molar-refractivity contribution is -0.124. The van der Waals surface area contributed by atoms with Crippen LogP contribution in [0.4, 0.5) is 0 Å². The lowest BCUT2D eigenvalue weighted by Gasteiger charge is -2.54. The van der Waals surface area contributed by atoms with Gasteiger partial charge in [-0.05, 0) is 55.3 Å². The summed E-state index contributed by atoms with van der Waals surface area (Å²) in [7, 11) is -3.54. The molecule has 24 heavy (non-hydrogen) atoms. The van der Waals surface area contributed by atoms with Gasteiger partial charge in [0.2, 0.25) is 0 Å². The van der Waals surface area contributed by atoms with Gasteiger partial charge in [0.1, 0.15) is 5.78 Å². The first-order valence-electron chi connectivity index (χ1n) is 9.12. The molecule has 3 saturated carbocycles. The summed E-state index contributed by atoms with van der Waals surface area (Å²) < 4.78 is 29.0. The van der Waals surface area contributed by atoms with Gasteiger partial charge in [0.25, 0.3) is 10.1 Å². The maximum absolute atomic E-state index is 12.6. The number of carbonyl (C=O) groups is 1. The summed E-state index contributed by atoms with van der Waals surface area (Å²) in [6.45, 7) is 6.07. The molecule has 0 amide bonds. The highest BCUT2D eigenvalue weighted by Crippen LogP contribution is 2.62. The molecule has 0 aromatic carbocycles. The Bertz CT molecular complexity index is 613. The van der Waals surface area contributed by atoms with Crippen LogP contribution in [0.3, 0.4) is 0 Å². The zero-order valence-electron chi connectivity index (χ0n) is 15.1. The molecule has 0 radical (unpaired) electrons. The molecule has 0 spiro atoms. The minimum Gasteiger partial charge on any atom is -0.393 e. The Morgan fingerprint density at radius 2 is 1.92 bits per heavy atom. The lowest BCUT2D eigenvalue weighted by atomic mass is 9.52. The second-order valence-electron chi connectivity index (χ2n) is 8.78. The van der Waals surface area contributed by atoms with Crippen molar-refractivity contribution in [2.75, 3.05) is 6.26 Å². The molecule has 3 aliphatic carbocycles. The maximum Gasteiger partial charge on any atom is 0.264 e. The van der Waals surface area contributed by atoms with Crippen molar-refractivity contribution in [3.63, 3.8) is 0 Å². The van der Waals surface area contributed by atoms with Gasteiger partial charge in [0.15, 0.2) is 0 Å². The monoisotopic (exact) mass is 358 g/mol. The number of hydrogen-bond acceptors (Lipinski definition) is 5. The van der Waals surface area contributed by atoms with E-state index in [2.05, 4.69) is 13.8 Å². The largest absolute Gasteiger partial charge is 0.393 e. The number of Topliss-reactive ketones (excluding diaryl/α,β-unsaturated/α-hetero) is 1. The van der Waals surface area contributed by atoms with E-state index in [1.165, 1.54) is 0 Å². The molecular formula is C18H30O5S. The lowest BCUT2D eigenvalue weighted by Crippen LogP contribution is -2.52. The number of aliphatic hydroxyl groups is 1. The van der Waals surface area contributed by atoms with Crippen molar-refractivity contribution < 1.29 is 22.5 Å². The van der Waals surface area contributed by atoms with Gasteiger partial charge in [-0.1, -0.05) is 20.3 Å². The highest BCUT2D eigenvalue weighted by Gasteiger charge is 2.61.